The van der Waals surface area contributed by atoms with Gasteiger partial charge in [-0.2, -0.15) is 0 Å². The van der Waals surface area contributed by atoms with E-state index < -0.39 is 0 Å². The summed E-state index contributed by atoms with van der Waals surface area (Å²) >= 11 is 3.51. The van der Waals surface area contributed by atoms with E-state index in [1.54, 1.807) is 6.07 Å². The van der Waals surface area contributed by atoms with E-state index in [9.17, 15) is 4.79 Å². The number of carbonyl (C=O) groups is 1. The van der Waals surface area contributed by atoms with Gasteiger partial charge in [0.2, 0.25) is 0 Å². The Kier molecular flexibility index (Phi) is 4.27. The smallest absolute Gasteiger partial charge is 0.254 e. The van der Waals surface area contributed by atoms with Crippen LogP contribution in [0.25, 0.3) is 11.0 Å². The number of hydrogen-bond acceptors (Lipinski definition) is 4. The van der Waals surface area contributed by atoms with Crippen molar-refractivity contribution >= 4 is 32.9 Å². The maximum absolute atomic E-state index is 13.3. The Balaban J connectivity index is 1.47. The number of nitrogens with zero attached hydrogens (tertiary/aromatic N) is 2. The van der Waals surface area contributed by atoms with Gasteiger partial charge in [0, 0.05) is 12.1 Å². The molecule has 1 fully saturated rings. The lowest BCUT2D eigenvalue weighted by molar-refractivity contribution is 0.0729. The Morgan fingerprint density at radius 3 is 3.00 bits per heavy atom. The highest BCUT2D eigenvalue weighted by Crippen LogP contribution is 2.40. The molecule has 5 rings (SSSR count). The molecule has 3 aromatic rings. The average Bonchev–Trinajstić information content (AvgIpc) is 3.33. The highest BCUT2D eigenvalue weighted by Gasteiger charge is 2.33. The average molecular weight is 442 g/mol. The van der Waals surface area contributed by atoms with E-state index >= 15 is 0 Å². The highest BCUT2D eigenvalue weighted by molar-refractivity contribution is 9.10. The molecule has 28 heavy (non-hydrogen) atoms. The molecular weight excluding hydrogens is 422 g/mol. The SMILES string of the molecule is Cc1ccc2nc(C3CCCN3C(=O)c3cc(Br)c4c(c3)OCCO4)[nH]c2c1. The molecule has 1 saturated heterocycles. The Morgan fingerprint density at radius 1 is 1.25 bits per heavy atom. The molecule has 0 spiro atoms. The van der Waals surface area contributed by atoms with Gasteiger partial charge in [0.05, 0.1) is 21.5 Å². The molecule has 1 N–H and O–H groups in total. The number of likely N-dealkylation sites (tertiary alicyclic amines) is 1. The van der Waals surface area contributed by atoms with Gasteiger partial charge in [0.15, 0.2) is 11.5 Å². The van der Waals surface area contributed by atoms with Gasteiger partial charge in [0.25, 0.3) is 5.91 Å². The largest absolute Gasteiger partial charge is 0.486 e. The van der Waals surface area contributed by atoms with Crippen molar-refractivity contribution in [3.63, 3.8) is 0 Å². The number of carbonyl (C=O) groups excluding carboxylic acids is 1. The third kappa shape index (κ3) is 2.94. The van der Waals surface area contributed by atoms with Crippen LogP contribution in [0.1, 0.15) is 40.6 Å². The molecule has 2 aliphatic heterocycles. The highest BCUT2D eigenvalue weighted by atomic mass is 79.9. The van der Waals surface area contributed by atoms with Crippen LogP contribution in [0.3, 0.4) is 0 Å². The molecule has 2 aliphatic rings. The number of rotatable bonds is 2. The molecule has 1 amide bonds. The summed E-state index contributed by atoms with van der Waals surface area (Å²) in [7, 11) is 0. The molecule has 1 unspecified atom stereocenters. The zero-order valence-electron chi connectivity index (χ0n) is 15.5. The summed E-state index contributed by atoms with van der Waals surface area (Å²) in [6, 6.07) is 9.70. The minimum atomic E-state index is -0.0489. The predicted octanol–water partition coefficient (Wildman–Crippen LogP) is 4.38. The summed E-state index contributed by atoms with van der Waals surface area (Å²) in [5.74, 6) is 2.10. The summed E-state index contributed by atoms with van der Waals surface area (Å²) in [5.41, 5.74) is 3.72. The molecule has 3 heterocycles. The second kappa shape index (κ2) is 6.81. The normalized spacial score (nSPS) is 18.6. The monoisotopic (exact) mass is 441 g/mol. The van der Waals surface area contributed by atoms with Crippen LogP contribution in [0, 0.1) is 6.92 Å². The van der Waals surface area contributed by atoms with Crippen molar-refractivity contribution in [2.75, 3.05) is 19.8 Å². The maximum Gasteiger partial charge on any atom is 0.254 e. The van der Waals surface area contributed by atoms with Gasteiger partial charge in [-0.3, -0.25) is 4.79 Å². The third-order valence-corrected chi connectivity index (χ3v) is 5.92. The topological polar surface area (TPSA) is 67.5 Å². The summed E-state index contributed by atoms with van der Waals surface area (Å²) in [4.78, 5) is 23.4. The number of hydrogen-bond donors (Lipinski definition) is 1. The van der Waals surface area contributed by atoms with Crippen LogP contribution in [0.15, 0.2) is 34.8 Å². The fourth-order valence-corrected chi connectivity index (χ4v) is 4.55. The van der Waals surface area contributed by atoms with Gasteiger partial charge in [-0.25, -0.2) is 4.98 Å². The van der Waals surface area contributed by atoms with Crippen LogP contribution in [-0.4, -0.2) is 40.5 Å². The lowest BCUT2D eigenvalue weighted by atomic mass is 10.1. The van der Waals surface area contributed by atoms with Crippen LogP contribution in [0.5, 0.6) is 11.5 Å². The van der Waals surface area contributed by atoms with Gasteiger partial charge >= 0.3 is 0 Å². The molecule has 2 aromatic carbocycles. The first-order valence-electron chi connectivity index (χ1n) is 9.46. The number of H-pyrrole nitrogens is 1. The standard InChI is InChI=1S/C21H20BrN3O3/c1-12-4-5-15-16(9-12)24-20(23-15)17-3-2-6-25(17)21(26)13-10-14(22)19-18(11-13)27-7-8-28-19/h4-5,9-11,17H,2-3,6-8H2,1H3,(H,23,24). The fraction of sp³-hybridized carbons (Fsp3) is 0.333. The van der Waals surface area contributed by atoms with Gasteiger partial charge in [-0.05, 0) is 65.5 Å². The van der Waals surface area contributed by atoms with E-state index in [2.05, 4.69) is 40.0 Å². The molecule has 1 aromatic heterocycles. The predicted molar refractivity (Wildman–Crippen MR) is 109 cm³/mol. The van der Waals surface area contributed by atoms with Gasteiger partial charge < -0.3 is 19.4 Å². The Hall–Kier alpha value is -2.54. The number of halogens is 1. The maximum atomic E-state index is 13.3. The Morgan fingerprint density at radius 2 is 2.11 bits per heavy atom. The van der Waals surface area contributed by atoms with Crippen molar-refractivity contribution in [1.29, 1.82) is 0 Å². The van der Waals surface area contributed by atoms with Crippen molar-refractivity contribution in [1.82, 2.24) is 14.9 Å². The first kappa shape index (κ1) is 17.6. The van der Waals surface area contributed by atoms with Crippen LogP contribution in [-0.2, 0) is 0 Å². The quantitative estimate of drug-likeness (QED) is 0.640. The lowest BCUT2D eigenvalue weighted by Crippen LogP contribution is -2.31. The molecule has 0 saturated carbocycles. The Bertz CT molecular complexity index is 1080. The number of ether oxygens (including phenoxy) is 2. The first-order chi connectivity index (χ1) is 13.6. The second-order valence-corrected chi connectivity index (χ2v) is 8.14. The number of amides is 1. The second-order valence-electron chi connectivity index (χ2n) is 7.28. The van der Waals surface area contributed by atoms with Crippen molar-refractivity contribution in [3.8, 4) is 11.5 Å². The number of nitrogens with one attached hydrogen (secondary N) is 1. The van der Waals surface area contributed by atoms with Crippen LogP contribution in [0.2, 0.25) is 0 Å². The van der Waals surface area contributed by atoms with Crippen molar-refractivity contribution in [3.05, 3.63) is 51.8 Å². The number of aromatic nitrogens is 2. The van der Waals surface area contributed by atoms with E-state index in [1.165, 1.54) is 5.56 Å². The molecule has 6 nitrogen and oxygen atoms in total. The zero-order chi connectivity index (χ0) is 19.3. The molecule has 7 heteroatoms. The Labute approximate surface area is 171 Å². The van der Waals surface area contributed by atoms with E-state index in [-0.39, 0.29) is 11.9 Å². The van der Waals surface area contributed by atoms with E-state index in [0.717, 1.165) is 34.2 Å². The van der Waals surface area contributed by atoms with Gasteiger partial charge in [-0.1, -0.05) is 6.07 Å². The number of imidazole rings is 1. The van der Waals surface area contributed by atoms with E-state index in [1.807, 2.05) is 17.0 Å². The van der Waals surface area contributed by atoms with Crippen molar-refractivity contribution in [2.24, 2.45) is 0 Å². The minimum absolute atomic E-state index is 0.0168. The van der Waals surface area contributed by atoms with Gasteiger partial charge in [-0.15, -0.1) is 0 Å². The molecular formula is C21H20BrN3O3. The van der Waals surface area contributed by atoms with E-state index in [0.29, 0.717) is 36.8 Å². The molecule has 144 valence electrons. The van der Waals surface area contributed by atoms with E-state index in [4.69, 9.17) is 14.5 Å². The fourth-order valence-electron chi connectivity index (χ4n) is 4.00. The van der Waals surface area contributed by atoms with Crippen LogP contribution in [0.4, 0.5) is 0 Å². The molecule has 0 radical (unpaired) electrons. The number of fused-ring (bicyclic) bond motifs is 2. The minimum Gasteiger partial charge on any atom is -0.486 e. The van der Waals surface area contributed by atoms with Gasteiger partial charge in [0.1, 0.15) is 19.0 Å². The first-order valence-corrected chi connectivity index (χ1v) is 10.3. The zero-order valence-corrected chi connectivity index (χ0v) is 17.1. The number of aromatic amines is 1. The summed E-state index contributed by atoms with van der Waals surface area (Å²) in [6.07, 6.45) is 1.86. The lowest BCUT2D eigenvalue weighted by Gasteiger charge is -2.25. The van der Waals surface area contributed by atoms with Crippen LogP contribution >= 0.6 is 15.9 Å². The number of benzene rings is 2. The molecule has 0 bridgehead atoms. The summed E-state index contributed by atoms with van der Waals surface area (Å²) in [6.45, 7) is 3.77. The van der Waals surface area contributed by atoms with Crippen molar-refractivity contribution < 1.29 is 14.3 Å². The van der Waals surface area contributed by atoms with Crippen molar-refractivity contribution in [2.45, 2.75) is 25.8 Å². The summed E-state index contributed by atoms with van der Waals surface area (Å²) in [5, 5.41) is 0. The molecule has 1 atom stereocenters. The third-order valence-electron chi connectivity index (χ3n) is 5.33. The summed E-state index contributed by atoms with van der Waals surface area (Å²) < 4.78 is 12.1. The van der Waals surface area contributed by atoms with Crippen LogP contribution < -0.4 is 9.47 Å². The molecule has 0 aliphatic carbocycles. The number of aryl methyl sites for hydroxylation is 1.